The van der Waals surface area contributed by atoms with Crippen LogP contribution in [0.25, 0.3) is 0 Å². The first-order chi connectivity index (χ1) is 15.8. The monoisotopic (exact) mass is 552 g/mol. The topological polar surface area (TPSA) is 90.7 Å². The average molecular weight is 554 g/mol. The molecule has 3 rings (SSSR count). The Hall–Kier alpha value is -2.58. The Morgan fingerprint density at radius 2 is 1.64 bits per heavy atom. The minimum atomic E-state index is -0.485. The predicted molar refractivity (Wildman–Crippen MR) is 135 cm³/mol. The van der Waals surface area contributed by atoms with Crippen molar-refractivity contribution in [1.29, 1.82) is 0 Å². The minimum absolute atomic E-state index is 0.0877. The number of aryl methyl sites for hydroxylation is 1. The summed E-state index contributed by atoms with van der Waals surface area (Å²) in [7, 11) is 0. The van der Waals surface area contributed by atoms with Crippen LogP contribution in [-0.2, 0) is 9.47 Å². The van der Waals surface area contributed by atoms with Crippen LogP contribution in [-0.4, -0.2) is 25.3 Å². The number of anilines is 2. The largest absolute Gasteiger partial charge is 0.435 e. The van der Waals surface area contributed by atoms with Crippen LogP contribution in [0.5, 0.6) is 0 Å². The molecule has 0 aliphatic rings. The van der Waals surface area contributed by atoms with Gasteiger partial charge in [-0.3, -0.25) is 4.79 Å². The lowest BCUT2D eigenvalue weighted by Crippen LogP contribution is -2.11. The fraction of sp³-hybridized carbons (Fsp3) is 0.167. The SMILES string of the molecule is CCOCOC(=O)c1ccccc1Nc1c(Cl)ccc(C)c1Cl.NC(=O)c1ccccc1Br. The van der Waals surface area contributed by atoms with E-state index < -0.39 is 11.9 Å². The number of carbonyl (C=O) groups is 2. The van der Waals surface area contributed by atoms with Crippen molar-refractivity contribution in [2.24, 2.45) is 5.73 Å². The number of halogens is 3. The Balaban J connectivity index is 0.000000321. The van der Waals surface area contributed by atoms with E-state index in [2.05, 4.69) is 21.2 Å². The Labute approximate surface area is 211 Å². The first-order valence-corrected chi connectivity index (χ1v) is 11.4. The highest BCUT2D eigenvalue weighted by molar-refractivity contribution is 9.10. The zero-order valence-corrected chi connectivity index (χ0v) is 21.1. The number of hydrogen-bond acceptors (Lipinski definition) is 5. The predicted octanol–water partition coefficient (Wildman–Crippen LogP) is 6.74. The van der Waals surface area contributed by atoms with Crippen molar-refractivity contribution in [3.8, 4) is 0 Å². The van der Waals surface area contributed by atoms with Gasteiger partial charge in [0, 0.05) is 11.1 Å². The molecule has 0 radical (unpaired) electrons. The highest BCUT2D eigenvalue weighted by Gasteiger charge is 2.15. The number of rotatable bonds is 7. The van der Waals surface area contributed by atoms with Crippen LogP contribution in [0.1, 0.15) is 33.2 Å². The van der Waals surface area contributed by atoms with Gasteiger partial charge in [-0.15, -0.1) is 0 Å². The van der Waals surface area contributed by atoms with E-state index in [4.69, 9.17) is 38.4 Å². The molecule has 9 heteroatoms. The van der Waals surface area contributed by atoms with Gasteiger partial charge in [0.15, 0.2) is 6.79 Å². The highest BCUT2D eigenvalue weighted by Crippen LogP contribution is 2.36. The van der Waals surface area contributed by atoms with E-state index in [9.17, 15) is 9.59 Å². The first kappa shape index (κ1) is 26.7. The molecule has 3 N–H and O–H groups in total. The molecule has 6 nitrogen and oxygen atoms in total. The van der Waals surface area contributed by atoms with Crippen molar-refractivity contribution < 1.29 is 19.1 Å². The van der Waals surface area contributed by atoms with Crippen LogP contribution >= 0.6 is 39.1 Å². The van der Waals surface area contributed by atoms with Crippen LogP contribution in [0.3, 0.4) is 0 Å². The summed E-state index contributed by atoms with van der Waals surface area (Å²) < 4.78 is 10.8. The summed E-state index contributed by atoms with van der Waals surface area (Å²) in [5.41, 5.74) is 7.93. The molecule has 0 saturated carbocycles. The third-order valence-corrected chi connectivity index (χ3v) is 5.80. The molecule has 3 aromatic rings. The standard InChI is InChI=1S/C17H17Cl2NO3.C7H6BrNO/c1-3-22-10-23-17(21)12-6-4-5-7-14(12)20-16-13(18)9-8-11(2)15(16)19;8-6-4-2-1-3-5(6)7(9)10/h4-9,20H,3,10H2,1-2H3;1-4H,(H2,9,10). The number of carbonyl (C=O) groups excluding carboxylic acids is 2. The van der Waals surface area contributed by atoms with Gasteiger partial charge in [0.05, 0.1) is 32.5 Å². The molecular weight excluding hydrogens is 531 g/mol. The van der Waals surface area contributed by atoms with Crippen LogP contribution < -0.4 is 11.1 Å². The van der Waals surface area contributed by atoms with Crippen molar-refractivity contribution in [2.45, 2.75) is 13.8 Å². The second kappa shape index (κ2) is 13.2. The van der Waals surface area contributed by atoms with E-state index in [1.807, 2.05) is 26.0 Å². The number of benzene rings is 3. The van der Waals surface area contributed by atoms with E-state index in [1.165, 1.54) is 0 Å². The Morgan fingerprint density at radius 1 is 1.00 bits per heavy atom. The van der Waals surface area contributed by atoms with Gasteiger partial charge in [0.25, 0.3) is 0 Å². The summed E-state index contributed by atoms with van der Waals surface area (Å²) in [6.45, 7) is 4.09. The van der Waals surface area contributed by atoms with Gasteiger partial charge in [0.2, 0.25) is 5.91 Å². The van der Waals surface area contributed by atoms with Gasteiger partial charge in [-0.2, -0.15) is 0 Å². The number of amides is 1. The lowest BCUT2D eigenvalue weighted by Gasteiger charge is -2.15. The zero-order chi connectivity index (χ0) is 24.4. The minimum Gasteiger partial charge on any atom is -0.435 e. The van der Waals surface area contributed by atoms with Crippen LogP contribution in [0.15, 0.2) is 65.1 Å². The lowest BCUT2D eigenvalue weighted by atomic mass is 10.1. The van der Waals surface area contributed by atoms with Gasteiger partial charge in [-0.05, 0) is 65.7 Å². The van der Waals surface area contributed by atoms with Crippen LogP contribution in [0.2, 0.25) is 10.0 Å². The molecule has 33 heavy (non-hydrogen) atoms. The fourth-order valence-corrected chi connectivity index (χ4v) is 3.54. The molecule has 174 valence electrons. The number of esters is 1. The number of para-hydroxylation sites is 1. The molecule has 3 aromatic carbocycles. The fourth-order valence-electron chi connectivity index (χ4n) is 2.59. The van der Waals surface area contributed by atoms with Crippen molar-refractivity contribution in [1.82, 2.24) is 0 Å². The molecule has 0 aliphatic carbocycles. The van der Waals surface area contributed by atoms with E-state index in [0.29, 0.717) is 39.2 Å². The second-order valence-corrected chi connectivity index (χ2v) is 8.25. The van der Waals surface area contributed by atoms with Crippen molar-refractivity contribution in [3.63, 3.8) is 0 Å². The number of hydrogen-bond donors (Lipinski definition) is 2. The van der Waals surface area contributed by atoms with E-state index in [0.717, 1.165) is 10.0 Å². The van der Waals surface area contributed by atoms with E-state index in [-0.39, 0.29) is 6.79 Å². The van der Waals surface area contributed by atoms with Gasteiger partial charge in [-0.1, -0.05) is 53.5 Å². The molecule has 0 aliphatic heterocycles. The van der Waals surface area contributed by atoms with Crippen LogP contribution in [0, 0.1) is 6.92 Å². The third-order valence-electron chi connectivity index (χ3n) is 4.31. The van der Waals surface area contributed by atoms with Crippen LogP contribution in [0.4, 0.5) is 11.4 Å². The maximum atomic E-state index is 12.2. The van der Waals surface area contributed by atoms with Gasteiger partial charge >= 0.3 is 5.97 Å². The van der Waals surface area contributed by atoms with Crippen molar-refractivity contribution >= 4 is 62.4 Å². The summed E-state index contributed by atoms with van der Waals surface area (Å²) in [5.74, 6) is -0.895. The van der Waals surface area contributed by atoms with Gasteiger partial charge in [0.1, 0.15) is 0 Å². The molecule has 0 fully saturated rings. The zero-order valence-electron chi connectivity index (χ0n) is 18.0. The second-order valence-electron chi connectivity index (χ2n) is 6.61. The first-order valence-electron chi connectivity index (χ1n) is 9.86. The van der Waals surface area contributed by atoms with Crippen molar-refractivity contribution in [3.05, 3.63) is 91.9 Å². The van der Waals surface area contributed by atoms with Gasteiger partial charge in [-0.25, -0.2) is 4.79 Å². The number of ether oxygens (including phenoxy) is 2. The molecular formula is C24H23BrCl2N2O4. The Kier molecular flexibility index (Phi) is 10.7. The molecule has 0 atom stereocenters. The smallest absolute Gasteiger partial charge is 0.342 e. The lowest BCUT2D eigenvalue weighted by molar-refractivity contribution is -0.0273. The summed E-state index contributed by atoms with van der Waals surface area (Å²) >= 11 is 15.7. The Bertz CT molecular complexity index is 1130. The number of primary amides is 1. The number of nitrogens with one attached hydrogen (secondary N) is 1. The highest BCUT2D eigenvalue weighted by atomic mass is 79.9. The van der Waals surface area contributed by atoms with E-state index in [1.54, 1.807) is 48.5 Å². The molecule has 0 aromatic heterocycles. The summed E-state index contributed by atoms with van der Waals surface area (Å²) in [6, 6.07) is 17.6. The normalized spacial score (nSPS) is 10.1. The van der Waals surface area contributed by atoms with Crippen molar-refractivity contribution in [2.75, 3.05) is 18.7 Å². The maximum Gasteiger partial charge on any atom is 0.342 e. The molecule has 0 heterocycles. The molecule has 0 bridgehead atoms. The number of nitrogens with two attached hydrogens (primary N) is 1. The quantitative estimate of drug-likeness (QED) is 0.192. The third kappa shape index (κ3) is 7.75. The summed E-state index contributed by atoms with van der Waals surface area (Å²) in [4.78, 5) is 22.8. The molecule has 1 amide bonds. The molecule has 0 saturated heterocycles. The molecule has 0 unspecified atom stereocenters. The maximum absolute atomic E-state index is 12.2. The summed E-state index contributed by atoms with van der Waals surface area (Å²) in [6.07, 6.45) is 0. The van der Waals surface area contributed by atoms with E-state index >= 15 is 0 Å². The van der Waals surface area contributed by atoms with Gasteiger partial charge < -0.3 is 20.5 Å². The Morgan fingerprint density at radius 3 is 2.24 bits per heavy atom. The summed E-state index contributed by atoms with van der Waals surface area (Å²) in [5, 5.41) is 4.10. The average Bonchev–Trinajstić information content (AvgIpc) is 2.80. The molecule has 0 spiro atoms.